The van der Waals surface area contributed by atoms with Crippen molar-refractivity contribution in [1.82, 2.24) is 5.32 Å². The summed E-state index contributed by atoms with van der Waals surface area (Å²) in [6.07, 6.45) is 1.37. The van der Waals surface area contributed by atoms with Crippen LogP contribution in [0.3, 0.4) is 0 Å². The maximum Gasteiger partial charge on any atom is 0.264 e. The Labute approximate surface area is 64.7 Å². The minimum atomic E-state index is -0.380. The Balaban J connectivity index is 3.54. The van der Waals surface area contributed by atoms with Crippen molar-refractivity contribution >= 4 is 18.0 Å². The highest BCUT2D eigenvalue weighted by Gasteiger charge is 1.99. The molecule has 11 heavy (non-hydrogen) atoms. The second-order valence-electron chi connectivity index (χ2n) is 1.76. The van der Waals surface area contributed by atoms with Gasteiger partial charge in [0.15, 0.2) is 0 Å². The van der Waals surface area contributed by atoms with Crippen LogP contribution >= 0.6 is 0 Å². The van der Waals surface area contributed by atoms with Gasteiger partial charge >= 0.3 is 0 Å². The van der Waals surface area contributed by atoms with Gasteiger partial charge in [0.25, 0.3) is 5.91 Å². The third-order valence-corrected chi connectivity index (χ3v) is 0.895. The van der Waals surface area contributed by atoms with Crippen LogP contribution in [0.1, 0.15) is 6.92 Å². The largest absolute Gasteiger partial charge is 0.346 e. The van der Waals surface area contributed by atoms with E-state index in [2.05, 4.69) is 10.3 Å². The lowest BCUT2D eigenvalue weighted by Gasteiger charge is -1.97. The van der Waals surface area contributed by atoms with Crippen molar-refractivity contribution in [1.29, 1.82) is 0 Å². The first-order chi connectivity index (χ1) is 5.20. The Kier molecular flexibility index (Phi) is 4.93. The van der Waals surface area contributed by atoms with Crippen molar-refractivity contribution in [3.05, 3.63) is 0 Å². The van der Waals surface area contributed by atoms with Crippen molar-refractivity contribution < 1.29 is 9.59 Å². The topological polar surface area (TPSA) is 84.5 Å². The number of carbonyl (C=O) groups excluding carboxylic acids is 2. The summed E-state index contributed by atoms with van der Waals surface area (Å²) in [5, 5.41) is 2.29. The summed E-state index contributed by atoms with van der Waals surface area (Å²) in [5.41, 5.74) is 4.97. The zero-order valence-electron chi connectivity index (χ0n) is 6.33. The van der Waals surface area contributed by atoms with Gasteiger partial charge in [0, 0.05) is 6.21 Å². The first-order valence-corrected chi connectivity index (χ1v) is 3.19. The minimum absolute atomic E-state index is 0.0830. The van der Waals surface area contributed by atoms with Gasteiger partial charge in [0.2, 0.25) is 5.91 Å². The second-order valence-corrected chi connectivity index (χ2v) is 1.76. The quantitative estimate of drug-likeness (QED) is 0.498. The molecule has 5 heteroatoms. The normalized spacial score (nSPS) is 10.0. The van der Waals surface area contributed by atoms with E-state index in [1.54, 1.807) is 6.92 Å². The van der Waals surface area contributed by atoms with Gasteiger partial charge in [-0.05, 0) is 6.92 Å². The molecule has 3 N–H and O–H groups in total. The summed E-state index contributed by atoms with van der Waals surface area (Å²) >= 11 is 0. The molecule has 0 bridgehead atoms. The smallest absolute Gasteiger partial charge is 0.264 e. The minimum Gasteiger partial charge on any atom is -0.346 e. The highest BCUT2D eigenvalue weighted by molar-refractivity contribution is 5.89. The Bertz CT molecular complexity index is 177. The van der Waals surface area contributed by atoms with Crippen LogP contribution < -0.4 is 11.1 Å². The number of rotatable bonds is 3. The molecule has 0 aromatic heterocycles. The molecule has 0 aliphatic carbocycles. The molecular formula is C6H11N3O2. The van der Waals surface area contributed by atoms with Crippen LogP contribution in [0.2, 0.25) is 0 Å². The third-order valence-electron chi connectivity index (χ3n) is 0.895. The molecule has 0 saturated carbocycles. The fourth-order valence-corrected chi connectivity index (χ4v) is 0.436. The Morgan fingerprint density at radius 1 is 1.64 bits per heavy atom. The van der Waals surface area contributed by atoms with Gasteiger partial charge in [0.1, 0.15) is 0 Å². The summed E-state index contributed by atoms with van der Waals surface area (Å²) in [7, 11) is 0. The predicted octanol–water partition coefficient (Wildman–Crippen LogP) is -1.32. The van der Waals surface area contributed by atoms with Crippen molar-refractivity contribution in [3.8, 4) is 0 Å². The summed E-state index contributed by atoms with van der Waals surface area (Å²) in [5.74, 6) is -0.737. The van der Waals surface area contributed by atoms with Crippen LogP contribution in [0.15, 0.2) is 4.99 Å². The molecule has 0 spiro atoms. The number of nitrogens with one attached hydrogen (secondary N) is 1. The van der Waals surface area contributed by atoms with Gasteiger partial charge in [-0.3, -0.25) is 9.59 Å². The molecule has 0 atom stereocenters. The summed E-state index contributed by atoms with van der Waals surface area (Å²) in [4.78, 5) is 24.5. The zero-order valence-corrected chi connectivity index (χ0v) is 6.33. The molecule has 0 aliphatic heterocycles. The monoisotopic (exact) mass is 157 g/mol. The van der Waals surface area contributed by atoms with Crippen LogP contribution in [-0.2, 0) is 9.59 Å². The fraction of sp³-hybridized carbons (Fsp3) is 0.500. The van der Waals surface area contributed by atoms with E-state index in [0.29, 0.717) is 0 Å². The van der Waals surface area contributed by atoms with E-state index < -0.39 is 0 Å². The average molecular weight is 157 g/mol. The Hall–Kier alpha value is -1.23. The number of amides is 2. The van der Waals surface area contributed by atoms with E-state index in [1.165, 1.54) is 6.21 Å². The van der Waals surface area contributed by atoms with Gasteiger partial charge in [-0.15, -0.1) is 0 Å². The number of carbonyl (C=O) groups is 2. The predicted molar refractivity (Wildman–Crippen MR) is 41.2 cm³/mol. The maximum absolute atomic E-state index is 10.6. The molecule has 0 radical (unpaired) electrons. The number of nitrogens with two attached hydrogens (primary N) is 1. The first kappa shape index (κ1) is 9.77. The van der Waals surface area contributed by atoms with E-state index in [9.17, 15) is 9.59 Å². The zero-order chi connectivity index (χ0) is 8.69. The summed E-state index contributed by atoms with van der Waals surface area (Å²) in [6, 6.07) is 0. The summed E-state index contributed by atoms with van der Waals surface area (Å²) < 4.78 is 0. The average Bonchev–Trinajstić information content (AvgIpc) is 2.01. The molecule has 0 unspecified atom stereocenters. The van der Waals surface area contributed by atoms with E-state index in [4.69, 9.17) is 5.73 Å². The van der Waals surface area contributed by atoms with E-state index >= 15 is 0 Å². The lowest BCUT2D eigenvalue weighted by molar-refractivity contribution is -0.123. The molecular weight excluding hydrogens is 146 g/mol. The van der Waals surface area contributed by atoms with Gasteiger partial charge < -0.3 is 11.1 Å². The van der Waals surface area contributed by atoms with E-state index in [-0.39, 0.29) is 24.9 Å². The molecule has 0 rings (SSSR count). The Morgan fingerprint density at radius 3 is 2.73 bits per heavy atom. The highest BCUT2D eigenvalue weighted by atomic mass is 16.2. The maximum atomic E-state index is 10.6. The SMILES string of the molecule is CC=NC(=O)CNC(=O)CN. The number of hydrogen-bond acceptors (Lipinski definition) is 3. The van der Waals surface area contributed by atoms with Crippen molar-refractivity contribution in [3.63, 3.8) is 0 Å². The molecule has 0 aromatic rings. The molecule has 62 valence electrons. The Morgan fingerprint density at radius 2 is 2.27 bits per heavy atom. The third kappa shape index (κ3) is 5.23. The first-order valence-electron chi connectivity index (χ1n) is 3.19. The number of hydrogen-bond donors (Lipinski definition) is 2. The molecule has 5 nitrogen and oxygen atoms in total. The second kappa shape index (κ2) is 5.55. The molecule has 0 heterocycles. The van der Waals surface area contributed by atoms with Gasteiger partial charge in [-0.1, -0.05) is 0 Å². The van der Waals surface area contributed by atoms with Crippen LogP contribution in [0.4, 0.5) is 0 Å². The van der Waals surface area contributed by atoms with Crippen molar-refractivity contribution in [2.45, 2.75) is 6.92 Å². The van der Waals surface area contributed by atoms with Crippen LogP contribution in [-0.4, -0.2) is 31.1 Å². The molecule has 0 fully saturated rings. The van der Waals surface area contributed by atoms with Crippen molar-refractivity contribution in [2.24, 2.45) is 10.7 Å². The lowest BCUT2D eigenvalue weighted by atomic mass is 10.5. The van der Waals surface area contributed by atoms with Crippen molar-refractivity contribution in [2.75, 3.05) is 13.1 Å². The number of nitrogens with zero attached hydrogens (tertiary/aromatic N) is 1. The molecule has 0 aliphatic rings. The van der Waals surface area contributed by atoms with Gasteiger partial charge in [-0.25, -0.2) is 4.99 Å². The lowest BCUT2D eigenvalue weighted by Crippen LogP contribution is -2.33. The summed E-state index contributed by atoms with van der Waals surface area (Å²) in [6.45, 7) is 1.44. The van der Waals surface area contributed by atoms with E-state index in [1.807, 2.05) is 0 Å². The molecule has 0 aromatic carbocycles. The molecule has 0 saturated heterocycles. The van der Waals surface area contributed by atoms with E-state index in [0.717, 1.165) is 0 Å². The number of aliphatic imine (C=N–C) groups is 1. The molecule has 2 amide bonds. The van der Waals surface area contributed by atoms with Crippen LogP contribution in [0.25, 0.3) is 0 Å². The van der Waals surface area contributed by atoms with Crippen LogP contribution in [0, 0.1) is 0 Å². The standard InChI is InChI=1S/C6H11N3O2/c1-2-8-6(11)4-9-5(10)3-7/h2H,3-4,7H2,1H3,(H,9,10). The van der Waals surface area contributed by atoms with Gasteiger partial charge in [-0.2, -0.15) is 0 Å². The highest BCUT2D eigenvalue weighted by Crippen LogP contribution is 1.70. The van der Waals surface area contributed by atoms with Gasteiger partial charge in [0.05, 0.1) is 13.1 Å². The fourth-order valence-electron chi connectivity index (χ4n) is 0.436. The van der Waals surface area contributed by atoms with Crippen LogP contribution in [0.5, 0.6) is 0 Å².